The number of aliphatic hydroxyl groups excluding tert-OH is 1. The molecule has 4 heteroatoms. The van der Waals surface area contributed by atoms with Crippen molar-refractivity contribution in [1.82, 2.24) is 0 Å². The molecule has 0 amide bonds. The van der Waals surface area contributed by atoms with Crippen LogP contribution in [0.5, 0.6) is 5.75 Å². The summed E-state index contributed by atoms with van der Waals surface area (Å²) in [5.41, 5.74) is 2.39. The number of carboxylic acid groups (broad SMARTS) is 1. The van der Waals surface area contributed by atoms with Crippen LogP contribution in [0.4, 0.5) is 0 Å². The Bertz CT molecular complexity index is 398. The zero-order valence-electron chi connectivity index (χ0n) is 9.65. The van der Waals surface area contributed by atoms with Gasteiger partial charge in [-0.3, -0.25) is 4.79 Å². The molecular weight excluding hydrogens is 208 g/mol. The number of rotatable bonds is 4. The fraction of sp³-hybridized carbons (Fsp3) is 0.417. The number of methoxy groups -OCH3 is 1. The summed E-state index contributed by atoms with van der Waals surface area (Å²) < 4.78 is 5.18. The van der Waals surface area contributed by atoms with E-state index in [1.165, 1.54) is 7.11 Å². The lowest BCUT2D eigenvalue weighted by Gasteiger charge is -2.16. The third-order valence-electron chi connectivity index (χ3n) is 2.38. The molecule has 2 N–H and O–H groups in total. The summed E-state index contributed by atoms with van der Waals surface area (Å²) in [6.07, 6.45) is -1.36. The highest BCUT2D eigenvalue weighted by Crippen LogP contribution is 2.31. The SMILES string of the molecule is COc1c(C)cc(C)cc1C(O)CC(=O)O. The number of carbonyl (C=O) groups is 1. The van der Waals surface area contributed by atoms with Crippen molar-refractivity contribution in [2.75, 3.05) is 7.11 Å². The Hall–Kier alpha value is -1.55. The standard InChI is InChI=1S/C12H16O4/c1-7-4-8(2)12(16-3)9(5-7)10(13)6-11(14)15/h4-5,10,13H,6H2,1-3H3,(H,14,15). The smallest absolute Gasteiger partial charge is 0.306 e. The lowest BCUT2D eigenvalue weighted by atomic mass is 9.99. The zero-order valence-corrected chi connectivity index (χ0v) is 9.65. The number of ether oxygens (including phenoxy) is 1. The van der Waals surface area contributed by atoms with Gasteiger partial charge in [0.05, 0.1) is 19.6 Å². The fourth-order valence-corrected chi connectivity index (χ4v) is 1.79. The maximum Gasteiger partial charge on any atom is 0.306 e. The molecule has 1 aromatic rings. The van der Waals surface area contributed by atoms with Gasteiger partial charge in [-0.25, -0.2) is 0 Å². The molecular formula is C12H16O4. The zero-order chi connectivity index (χ0) is 12.3. The molecule has 1 rings (SSSR count). The summed E-state index contributed by atoms with van der Waals surface area (Å²) in [7, 11) is 1.51. The van der Waals surface area contributed by atoms with E-state index < -0.39 is 12.1 Å². The first-order chi connectivity index (χ1) is 7.45. The van der Waals surface area contributed by atoms with Gasteiger partial charge in [-0.15, -0.1) is 0 Å². The predicted molar refractivity (Wildman–Crippen MR) is 59.7 cm³/mol. The lowest BCUT2D eigenvalue weighted by Crippen LogP contribution is -2.08. The highest BCUT2D eigenvalue weighted by molar-refractivity contribution is 5.68. The molecule has 4 nitrogen and oxygen atoms in total. The molecule has 0 saturated heterocycles. The van der Waals surface area contributed by atoms with E-state index in [2.05, 4.69) is 0 Å². The minimum Gasteiger partial charge on any atom is -0.496 e. The Balaban J connectivity index is 3.15. The van der Waals surface area contributed by atoms with Gasteiger partial charge in [0.1, 0.15) is 5.75 Å². The summed E-state index contributed by atoms with van der Waals surface area (Å²) in [5, 5.41) is 18.4. The van der Waals surface area contributed by atoms with Crippen LogP contribution in [0.3, 0.4) is 0 Å². The van der Waals surface area contributed by atoms with E-state index in [-0.39, 0.29) is 6.42 Å². The van der Waals surface area contributed by atoms with E-state index >= 15 is 0 Å². The normalized spacial score (nSPS) is 12.2. The van der Waals surface area contributed by atoms with Crippen LogP contribution in [-0.4, -0.2) is 23.3 Å². The van der Waals surface area contributed by atoms with Crippen LogP contribution in [0.1, 0.15) is 29.2 Å². The molecule has 0 aliphatic carbocycles. The monoisotopic (exact) mass is 224 g/mol. The maximum atomic E-state index is 10.6. The van der Waals surface area contributed by atoms with Crippen molar-refractivity contribution in [2.24, 2.45) is 0 Å². The summed E-state index contributed by atoms with van der Waals surface area (Å²) in [6.45, 7) is 3.76. The van der Waals surface area contributed by atoms with E-state index in [9.17, 15) is 9.90 Å². The lowest BCUT2D eigenvalue weighted by molar-refractivity contribution is -0.139. The van der Waals surface area contributed by atoms with Gasteiger partial charge in [0, 0.05) is 5.56 Å². The Morgan fingerprint density at radius 1 is 1.44 bits per heavy atom. The average molecular weight is 224 g/mol. The van der Waals surface area contributed by atoms with Crippen LogP contribution in [0, 0.1) is 13.8 Å². The third-order valence-corrected chi connectivity index (χ3v) is 2.38. The molecule has 1 unspecified atom stereocenters. The Morgan fingerprint density at radius 2 is 2.06 bits per heavy atom. The molecule has 0 aliphatic rings. The molecule has 0 aromatic heterocycles. The molecule has 16 heavy (non-hydrogen) atoms. The molecule has 0 saturated carbocycles. The first kappa shape index (κ1) is 12.5. The highest BCUT2D eigenvalue weighted by Gasteiger charge is 2.18. The van der Waals surface area contributed by atoms with Gasteiger partial charge in [0.15, 0.2) is 0 Å². The quantitative estimate of drug-likeness (QED) is 0.818. The third kappa shape index (κ3) is 2.73. The van der Waals surface area contributed by atoms with E-state index in [1.807, 2.05) is 19.9 Å². The topological polar surface area (TPSA) is 66.8 Å². The summed E-state index contributed by atoms with van der Waals surface area (Å²) in [6, 6.07) is 3.68. The molecule has 0 fully saturated rings. The van der Waals surface area contributed by atoms with Gasteiger partial charge in [-0.2, -0.15) is 0 Å². The van der Waals surface area contributed by atoms with Gasteiger partial charge in [0.25, 0.3) is 0 Å². The average Bonchev–Trinajstić information content (AvgIpc) is 2.15. The first-order valence-corrected chi connectivity index (χ1v) is 5.00. The van der Waals surface area contributed by atoms with E-state index in [1.54, 1.807) is 6.07 Å². The second-order valence-corrected chi connectivity index (χ2v) is 3.82. The van der Waals surface area contributed by atoms with Gasteiger partial charge in [-0.1, -0.05) is 11.6 Å². The van der Waals surface area contributed by atoms with Crippen LogP contribution in [0.25, 0.3) is 0 Å². The van der Waals surface area contributed by atoms with E-state index in [4.69, 9.17) is 9.84 Å². The first-order valence-electron chi connectivity index (χ1n) is 5.00. The van der Waals surface area contributed by atoms with Crippen molar-refractivity contribution >= 4 is 5.97 Å². The van der Waals surface area contributed by atoms with E-state index in [0.717, 1.165) is 11.1 Å². The van der Waals surface area contributed by atoms with Crippen molar-refractivity contribution in [3.8, 4) is 5.75 Å². The fourth-order valence-electron chi connectivity index (χ4n) is 1.79. The largest absolute Gasteiger partial charge is 0.496 e. The minimum atomic E-state index is -1.04. The molecule has 0 bridgehead atoms. The van der Waals surface area contributed by atoms with Crippen LogP contribution in [0.15, 0.2) is 12.1 Å². The summed E-state index contributed by atoms with van der Waals surface area (Å²) in [4.78, 5) is 10.6. The van der Waals surface area contributed by atoms with Crippen molar-refractivity contribution in [3.63, 3.8) is 0 Å². The summed E-state index contributed by atoms with van der Waals surface area (Å²) >= 11 is 0. The van der Waals surface area contributed by atoms with Crippen molar-refractivity contribution in [1.29, 1.82) is 0 Å². The highest BCUT2D eigenvalue weighted by atomic mass is 16.5. The number of aliphatic carboxylic acids is 1. The van der Waals surface area contributed by atoms with Crippen molar-refractivity contribution in [2.45, 2.75) is 26.4 Å². The number of aryl methyl sites for hydroxylation is 2. The molecule has 0 heterocycles. The maximum absolute atomic E-state index is 10.6. The minimum absolute atomic E-state index is 0.320. The number of hydrogen-bond donors (Lipinski definition) is 2. The van der Waals surface area contributed by atoms with Gasteiger partial charge in [-0.05, 0) is 25.5 Å². The Morgan fingerprint density at radius 3 is 2.56 bits per heavy atom. The Labute approximate surface area is 94.5 Å². The van der Waals surface area contributed by atoms with Crippen molar-refractivity contribution in [3.05, 3.63) is 28.8 Å². The second kappa shape index (κ2) is 4.99. The number of benzene rings is 1. The van der Waals surface area contributed by atoms with Crippen LogP contribution in [-0.2, 0) is 4.79 Å². The predicted octanol–water partition coefficient (Wildman–Crippen LogP) is 1.82. The molecule has 1 aromatic carbocycles. The molecule has 1 atom stereocenters. The number of hydrogen-bond acceptors (Lipinski definition) is 3. The van der Waals surface area contributed by atoms with Gasteiger partial charge in [0.2, 0.25) is 0 Å². The second-order valence-electron chi connectivity index (χ2n) is 3.82. The molecule has 0 spiro atoms. The molecule has 88 valence electrons. The van der Waals surface area contributed by atoms with Gasteiger partial charge >= 0.3 is 5.97 Å². The Kier molecular flexibility index (Phi) is 3.90. The number of aliphatic hydroxyl groups is 1. The van der Waals surface area contributed by atoms with Crippen molar-refractivity contribution < 1.29 is 19.7 Å². The number of carboxylic acids is 1. The molecule has 0 radical (unpaired) electrons. The van der Waals surface area contributed by atoms with Crippen LogP contribution >= 0.6 is 0 Å². The molecule has 0 aliphatic heterocycles. The van der Waals surface area contributed by atoms with Gasteiger partial charge < -0.3 is 14.9 Å². The van der Waals surface area contributed by atoms with Crippen LogP contribution in [0.2, 0.25) is 0 Å². The van der Waals surface area contributed by atoms with Crippen LogP contribution < -0.4 is 4.74 Å². The summed E-state index contributed by atoms with van der Waals surface area (Å²) in [5.74, 6) is -0.479. The van der Waals surface area contributed by atoms with E-state index in [0.29, 0.717) is 11.3 Å².